The van der Waals surface area contributed by atoms with Crippen molar-refractivity contribution in [3.8, 4) is 11.3 Å². The minimum Gasteiger partial charge on any atom is -0.378 e. The van der Waals surface area contributed by atoms with Crippen molar-refractivity contribution in [3.05, 3.63) is 65.0 Å². The summed E-state index contributed by atoms with van der Waals surface area (Å²) >= 11 is 1.49. The summed E-state index contributed by atoms with van der Waals surface area (Å²) in [5.74, 6) is 0.0762. The summed E-state index contributed by atoms with van der Waals surface area (Å²) in [6, 6.07) is 15.6. The number of aromatic nitrogens is 3. The quantitative estimate of drug-likeness (QED) is 0.582. The van der Waals surface area contributed by atoms with Crippen LogP contribution in [0, 0.1) is 6.92 Å². The fourth-order valence-corrected chi connectivity index (χ4v) is 3.57. The van der Waals surface area contributed by atoms with Gasteiger partial charge in [0.25, 0.3) is 11.9 Å². The Morgan fingerprint density at radius 3 is 2.44 bits per heavy atom. The summed E-state index contributed by atoms with van der Waals surface area (Å²) < 4.78 is 1.76. The smallest absolute Gasteiger partial charge is 0.258 e. The number of anilines is 2. The largest absolute Gasteiger partial charge is 0.378 e. The first kappa shape index (κ1) is 17.2. The molecule has 0 bridgehead atoms. The predicted octanol–water partition coefficient (Wildman–Crippen LogP) is 4.08. The SMILES string of the molecule is Cc1ccc(-c2csc3nc(NC(=O)c4ccc(N(C)C)cc4)nn23)cc1. The number of hydrogen-bond acceptors (Lipinski definition) is 5. The van der Waals surface area contributed by atoms with Crippen molar-refractivity contribution < 1.29 is 4.79 Å². The van der Waals surface area contributed by atoms with Crippen LogP contribution in [0.25, 0.3) is 16.2 Å². The van der Waals surface area contributed by atoms with E-state index in [4.69, 9.17) is 0 Å². The number of thiazole rings is 1. The molecule has 2 aromatic heterocycles. The zero-order valence-electron chi connectivity index (χ0n) is 15.3. The second-order valence-corrected chi connectivity index (χ2v) is 7.35. The average molecular weight is 377 g/mol. The maximum absolute atomic E-state index is 12.5. The van der Waals surface area contributed by atoms with Gasteiger partial charge < -0.3 is 4.90 Å². The zero-order chi connectivity index (χ0) is 19.0. The fraction of sp³-hybridized carbons (Fsp3) is 0.150. The molecule has 0 aliphatic rings. The second kappa shape index (κ2) is 6.85. The Kier molecular flexibility index (Phi) is 4.37. The van der Waals surface area contributed by atoms with Gasteiger partial charge in [0.15, 0.2) is 0 Å². The number of hydrogen-bond donors (Lipinski definition) is 1. The minimum atomic E-state index is -0.226. The van der Waals surface area contributed by atoms with Crippen molar-refractivity contribution >= 4 is 33.8 Å². The molecule has 4 rings (SSSR count). The van der Waals surface area contributed by atoms with Gasteiger partial charge >= 0.3 is 0 Å². The number of carbonyl (C=O) groups excluding carboxylic acids is 1. The molecule has 4 aromatic rings. The maximum atomic E-state index is 12.5. The van der Waals surface area contributed by atoms with Crippen LogP contribution in [0.4, 0.5) is 11.6 Å². The van der Waals surface area contributed by atoms with Crippen molar-refractivity contribution in [2.75, 3.05) is 24.3 Å². The molecule has 0 atom stereocenters. The van der Waals surface area contributed by atoms with Crippen LogP contribution < -0.4 is 10.2 Å². The summed E-state index contributed by atoms with van der Waals surface area (Å²) in [4.78, 5) is 19.6. The zero-order valence-corrected chi connectivity index (χ0v) is 16.1. The van der Waals surface area contributed by atoms with Crippen LogP contribution in [0.5, 0.6) is 0 Å². The lowest BCUT2D eigenvalue weighted by Gasteiger charge is -2.12. The van der Waals surface area contributed by atoms with E-state index in [0.717, 1.165) is 21.9 Å². The first-order valence-electron chi connectivity index (χ1n) is 8.51. The molecule has 1 amide bonds. The molecule has 2 heterocycles. The van der Waals surface area contributed by atoms with E-state index < -0.39 is 0 Å². The standard InChI is InChI=1S/C20H19N5OS/c1-13-4-6-14(7-5-13)17-12-27-20-22-19(23-25(17)20)21-18(26)15-8-10-16(11-9-15)24(2)3/h4-12H,1-3H3,(H,21,23,26). The van der Waals surface area contributed by atoms with Crippen molar-refractivity contribution in [2.24, 2.45) is 0 Å². The van der Waals surface area contributed by atoms with Crippen molar-refractivity contribution in [2.45, 2.75) is 6.92 Å². The molecular weight excluding hydrogens is 358 g/mol. The van der Waals surface area contributed by atoms with Crippen LogP contribution in [-0.2, 0) is 0 Å². The van der Waals surface area contributed by atoms with E-state index in [2.05, 4.69) is 46.6 Å². The number of aryl methyl sites for hydroxylation is 1. The topological polar surface area (TPSA) is 62.5 Å². The van der Waals surface area contributed by atoms with Crippen molar-refractivity contribution in [1.82, 2.24) is 14.6 Å². The fourth-order valence-electron chi connectivity index (χ4n) is 2.74. The van der Waals surface area contributed by atoms with E-state index in [1.54, 1.807) is 16.6 Å². The molecule has 27 heavy (non-hydrogen) atoms. The Morgan fingerprint density at radius 1 is 1.07 bits per heavy atom. The van der Waals surface area contributed by atoms with E-state index >= 15 is 0 Å². The third-order valence-corrected chi connectivity index (χ3v) is 5.12. The van der Waals surface area contributed by atoms with Crippen LogP contribution in [0.2, 0.25) is 0 Å². The molecule has 7 heteroatoms. The van der Waals surface area contributed by atoms with Crippen LogP contribution in [0.3, 0.4) is 0 Å². The number of rotatable bonds is 4. The first-order chi connectivity index (χ1) is 13.0. The molecule has 0 fully saturated rings. The number of fused-ring (bicyclic) bond motifs is 1. The van der Waals surface area contributed by atoms with Crippen LogP contribution in [0.1, 0.15) is 15.9 Å². The van der Waals surface area contributed by atoms with Gasteiger partial charge in [-0.1, -0.05) is 29.8 Å². The molecule has 136 valence electrons. The molecular formula is C20H19N5OS. The van der Waals surface area contributed by atoms with Crippen LogP contribution >= 0.6 is 11.3 Å². The molecule has 0 saturated carbocycles. The van der Waals surface area contributed by atoms with E-state index in [0.29, 0.717) is 11.5 Å². The van der Waals surface area contributed by atoms with E-state index in [9.17, 15) is 4.79 Å². The number of amides is 1. The van der Waals surface area contributed by atoms with E-state index in [1.165, 1.54) is 16.9 Å². The summed E-state index contributed by atoms with van der Waals surface area (Å²) in [5.41, 5.74) is 4.83. The number of benzene rings is 2. The number of carbonyl (C=O) groups is 1. The minimum absolute atomic E-state index is 0.226. The number of nitrogens with one attached hydrogen (secondary N) is 1. The van der Waals surface area contributed by atoms with Gasteiger partial charge in [0.2, 0.25) is 4.96 Å². The highest BCUT2D eigenvalue weighted by atomic mass is 32.1. The first-order valence-corrected chi connectivity index (χ1v) is 9.39. The van der Waals surface area contributed by atoms with Gasteiger partial charge in [0, 0.05) is 36.3 Å². The van der Waals surface area contributed by atoms with Crippen molar-refractivity contribution in [3.63, 3.8) is 0 Å². The summed E-state index contributed by atoms with van der Waals surface area (Å²) in [6.45, 7) is 2.06. The van der Waals surface area contributed by atoms with Gasteiger partial charge in [0.1, 0.15) is 0 Å². The Hall–Kier alpha value is -3.19. The summed E-state index contributed by atoms with van der Waals surface area (Å²) in [7, 11) is 3.92. The van der Waals surface area contributed by atoms with Gasteiger partial charge in [-0.3, -0.25) is 10.1 Å². The van der Waals surface area contributed by atoms with Gasteiger partial charge in [0.05, 0.1) is 5.69 Å². The monoisotopic (exact) mass is 377 g/mol. The molecule has 0 aliphatic heterocycles. The molecule has 1 N–H and O–H groups in total. The summed E-state index contributed by atoms with van der Waals surface area (Å²) in [5, 5.41) is 9.26. The molecule has 0 radical (unpaired) electrons. The molecule has 0 unspecified atom stereocenters. The second-order valence-electron chi connectivity index (χ2n) is 6.51. The van der Waals surface area contributed by atoms with E-state index in [1.807, 2.05) is 36.5 Å². The Labute approximate surface area is 161 Å². The van der Waals surface area contributed by atoms with Gasteiger partial charge in [-0.2, -0.15) is 4.98 Å². The average Bonchev–Trinajstić information content (AvgIpc) is 3.22. The molecule has 0 spiro atoms. The number of nitrogens with zero attached hydrogens (tertiary/aromatic N) is 4. The normalized spacial score (nSPS) is 10.9. The highest BCUT2D eigenvalue weighted by molar-refractivity contribution is 7.15. The predicted molar refractivity (Wildman–Crippen MR) is 110 cm³/mol. The van der Waals surface area contributed by atoms with Gasteiger partial charge in [-0.15, -0.1) is 16.4 Å². The third kappa shape index (κ3) is 3.41. The summed E-state index contributed by atoms with van der Waals surface area (Å²) in [6.07, 6.45) is 0. The van der Waals surface area contributed by atoms with Crippen molar-refractivity contribution in [1.29, 1.82) is 0 Å². The van der Waals surface area contributed by atoms with E-state index in [-0.39, 0.29) is 5.91 Å². The highest BCUT2D eigenvalue weighted by Crippen LogP contribution is 2.26. The van der Waals surface area contributed by atoms with Gasteiger partial charge in [-0.25, -0.2) is 4.52 Å². The van der Waals surface area contributed by atoms with Crippen LogP contribution in [-0.4, -0.2) is 34.6 Å². The Balaban J connectivity index is 1.57. The lowest BCUT2D eigenvalue weighted by molar-refractivity contribution is 0.102. The maximum Gasteiger partial charge on any atom is 0.258 e. The lowest BCUT2D eigenvalue weighted by atomic mass is 10.1. The lowest BCUT2D eigenvalue weighted by Crippen LogP contribution is -2.14. The molecule has 2 aromatic carbocycles. The van der Waals surface area contributed by atoms with Gasteiger partial charge in [-0.05, 0) is 31.2 Å². The molecule has 6 nitrogen and oxygen atoms in total. The van der Waals surface area contributed by atoms with Crippen LogP contribution in [0.15, 0.2) is 53.9 Å². The Morgan fingerprint density at radius 2 is 1.78 bits per heavy atom. The Bertz CT molecular complexity index is 1090. The third-order valence-electron chi connectivity index (χ3n) is 4.30. The molecule has 0 saturated heterocycles. The highest BCUT2D eigenvalue weighted by Gasteiger charge is 2.14. The molecule has 0 aliphatic carbocycles.